The molecule has 0 atom stereocenters. The zero-order chi connectivity index (χ0) is 9.68. The van der Waals surface area contributed by atoms with E-state index in [1.807, 2.05) is 0 Å². The molecule has 0 fully saturated rings. The van der Waals surface area contributed by atoms with Crippen LogP contribution in [0.15, 0.2) is 18.2 Å². The van der Waals surface area contributed by atoms with E-state index in [0.717, 1.165) is 0 Å². The van der Waals surface area contributed by atoms with E-state index >= 15 is 0 Å². The zero-order valence-electron chi connectivity index (χ0n) is 7.29. The van der Waals surface area contributed by atoms with E-state index in [-0.39, 0.29) is 11.4 Å². The Morgan fingerprint density at radius 1 is 1.62 bits per heavy atom. The minimum absolute atomic E-state index is 0.150. The first kappa shape index (κ1) is 9.64. The van der Waals surface area contributed by atoms with Crippen molar-refractivity contribution < 1.29 is 13.9 Å². The van der Waals surface area contributed by atoms with Gasteiger partial charge in [-0.2, -0.15) is 0 Å². The fraction of sp³-hybridized carbons (Fsp3) is 0.333. The maximum Gasteiger partial charge on any atom is 0.356 e. The topological polar surface area (TPSA) is 39.2 Å². The molecule has 1 aromatic rings. The summed E-state index contributed by atoms with van der Waals surface area (Å²) in [7, 11) is 0. The van der Waals surface area contributed by atoms with E-state index in [2.05, 4.69) is 4.98 Å². The predicted molar refractivity (Wildman–Crippen MR) is 45.0 cm³/mol. The van der Waals surface area contributed by atoms with Gasteiger partial charge in [0.15, 0.2) is 0 Å². The van der Waals surface area contributed by atoms with Crippen LogP contribution in [-0.4, -0.2) is 17.6 Å². The number of hydrogen-bond acceptors (Lipinski definition) is 3. The van der Waals surface area contributed by atoms with Crippen LogP contribution in [0, 0.1) is 0 Å². The smallest absolute Gasteiger partial charge is 0.356 e. The van der Waals surface area contributed by atoms with Crippen LogP contribution in [0.1, 0.15) is 23.1 Å². The van der Waals surface area contributed by atoms with Crippen molar-refractivity contribution in [3.63, 3.8) is 0 Å². The number of nitrogens with zero attached hydrogens (tertiary/aromatic N) is 1. The van der Waals surface area contributed by atoms with Gasteiger partial charge in [-0.25, -0.2) is 14.2 Å². The van der Waals surface area contributed by atoms with E-state index in [1.54, 1.807) is 13.0 Å². The van der Waals surface area contributed by atoms with Crippen LogP contribution in [0.4, 0.5) is 4.39 Å². The third kappa shape index (κ3) is 2.50. The molecule has 0 aliphatic rings. The summed E-state index contributed by atoms with van der Waals surface area (Å²) < 4.78 is 16.8. The number of hydrogen-bond donors (Lipinski definition) is 0. The minimum atomic E-state index is -0.673. The number of esters is 1. The van der Waals surface area contributed by atoms with Crippen LogP contribution in [-0.2, 0) is 11.4 Å². The van der Waals surface area contributed by atoms with Crippen molar-refractivity contribution in [2.75, 3.05) is 6.61 Å². The molecule has 0 saturated heterocycles. The quantitative estimate of drug-likeness (QED) is 0.670. The Bertz CT molecular complexity index is 301. The van der Waals surface area contributed by atoms with Gasteiger partial charge < -0.3 is 4.74 Å². The Hall–Kier alpha value is -1.45. The van der Waals surface area contributed by atoms with Crippen molar-refractivity contribution in [2.24, 2.45) is 0 Å². The Kier molecular flexibility index (Phi) is 3.37. The Labute approximate surface area is 75.6 Å². The summed E-state index contributed by atoms with van der Waals surface area (Å²) in [5, 5.41) is 0. The summed E-state index contributed by atoms with van der Waals surface area (Å²) >= 11 is 0. The molecule has 0 aliphatic carbocycles. The molecule has 3 nitrogen and oxygen atoms in total. The number of halogens is 1. The van der Waals surface area contributed by atoms with Crippen LogP contribution in [0.25, 0.3) is 0 Å². The second-order valence-corrected chi connectivity index (χ2v) is 2.37. The lowest BCUT2D eigenvalue weighted by Crippen LogP contribution is -2.07. The molecule has 0 N–H and O–H groups in total. The van der Waals surface area contributed by atoms with Crippen LogP contribution >= 0.6 is 0 Å². The number of ether oxygens (including phenoxy) is 1. The molecule has 1 aromatic heterocycles. The van der Waals surface area contributed by atoms with Crippen molar-refractivity contribution in [1.82, 2.24) is 4.98 Å². The van der Waals surface area contributed by atoms with E-state index in [9.17, 15) is 9.18 Å². The molecule has 70 valence electrons. The zero-order valence-corrected chi connectivity index (χ0v) is 7.29. The van der Waals surface area contributed by atoms with Gasteiger partial charge in [0.25, 0.3) is 0 Å². The first-order chi connectivity index (χ1) is 6.27. The highest BCUT2D eigenvalue weighted by Gasteiger charge is 2.07. The number of carbonyl (C=O) groups is 1. The lowest BCUT2D eigenvalue weighted by Gasteiger charge is -2.01. The van der Waals surface area contributed by atoms with Crippen molar-refractivity contribution in [2.45, 2.75) is 13.6 Å². The second kappa shape index (κ2) is 4.54. The normalized spacial score (nSPS) is 9.69. The highest BCUT2D eigenvalue weighted by atomic mass is 19.1. The van der Waals surface area contributed by atoms with Gasteiger partial charge in [-0.05, 0) is 19.1 Å². The summed E-state index contributed by atoms with van der Waals surface area (Å²) in [5.41, 5.74) is 0.391. The standard InChI is InChI=1S/C9H10FNO2/c1-2-13-9(12)8-5-3-4-7(6-10)11-8/h3-5H,2,6H2,1H3. The van der Waals surface area contributed by atoms with Crippen molar-refractivity contribution >= 4 is 5.97 Å². The van der Waals surface area contributed by atoms with Crippen molar-refractivity contribution in [3.05, 3.63) is 29.6 Å². The Morgan fingerprint density at radius 3 is 3.00 bits per heavy atom. The third-order valence-electron chi connectivity index (χ3n) is 1.43. The van der Waals surface area contributed by atoms with Gasteiger partial charge >= 0.3 is 5.97 Å². The van der Waals surface area contributed by atoms with Crippen LogP contribution in [0.3, 0.4) is 0 Å². The molecule has 0 spiro atoms. The Morgan fingerprint density at radius 2 is 2.38 bits per heavy atom. The summed E-state index contributed by atoms with van der Waals surface area (Å²) in [6.07, 6.45) is 0. The molecule has 0 bridgehead atoms. The molecular formula is C9H10FNO2. The number of alkyl halides is 1. The van der Waals surface area contributed by atoms with Gasteiger partial charge in [0.1, 0.15) is 12.4 Å². The molecule has 0 aliphatic heterocycles. The molecule has 13 heavy (non-hydrogen) atoms. The van der Waals surface area contributed by atoms with E-state index in [1.165, 1.54) is 12.1 Å². The van der Waals surface area contributed by atoms with Gasteiger partial charge in [0.2, 0.25) is 0 Å². The van der Waals surface area contributed by atoms with E-state index < -0.39 is 12.6 Å². The first-order valence-electron chi connectivity index (χ1n) is 3.97. The summed E-state index contributed by atoms with van der Waals surface area (Å²) in [6, 6.07) is 4.59. The predicted octanol–water partition coefficient (Wildman–Crippen LogP) is 1.73. The van der Waals surface area contributed by atoms with Crippen LogP contribution in [0.5, 0.6) is 0 Å². The second-order valence-electron chi connectivity index (χ2n) is 2.37. The van der Waals surface area contributed by atoms with Gasteiger partial charge in [-0.1, -0.05) is 6.07 Å². The minimum Gasteiger partial charge on any atom is -0.461 e. The van der Waals surface area contributed by atoms with E-state index in [4.69, 9.17) is 4.74 Å². The Balaban J connectivity index is 2.82. The summed E-state index contributed by atoms with van der Waals surface area (Å²) in [4.78, 5) is 14.9. The van der Waals surface area contributed by atoms with E-state index in [0.29, 0.717) is 6.61 Å². The van der Waals surface area contributed by atoms with Gasteiger partial charge in [-0.3, -0.25) is 0 Å². The van der Waals surface area contributed by atoms with Gasteiger partial charge in [0.05, 0.1) is 12.3 Å². The molecule has 0 radical (unpaired) electrons. The van der Waals surface area contributed by atoms with Crippen molar-refractivity contribution in [3.8, 4) is 0 Å². The van der Waals surface area contributed by atoms with Crippen LogP contribution < -0.4 is 0 Å². The molecule has 0 saturated carbocycles. The van der Waals surface area contributed by atoms with Crippen LogP contribution in [0.2, 0.25) is 0 Å². The summed E-state index contributed by atoms with van der Waals surface area (Å²) in [5.74, 6) is -0.516. The number of rotatable bonds is 3. The largest absolute Gasteiger partial charge is 0.461 e. The number of aromatic nitrogens is 1. The molecule has 1 heterocycles. The maximum atomic E-state index is 12.1. The number of carbonyl (C=O) groups excluding carboxylic acids is 1. The fourth-order valence-corrected chi connectivity index (χ4v) is 0.873. The maximum absolute atomic E-state index is 12.1. The van der Waals surface area contributed by atoms with Gasteiger partial charge in [0, 0.05) is 0 Å². The molecule has 0 aromatic carbocycles. The highest BCUT2D eigenvalue weighted by molar-refractivity contribution is 5.87. The molecule has 0 unspecified atom stereocenters. The monoisotopic (exact) mass is 183 g/mol. The van der Waals surface area contributed by atoms with Crippen molar-refractivity contribution in [1.29, 1.82) is 0 Å². The third-order valence-corrected chi connectivity index (χ3v) is 1.43. The lowest BCUT2D eigenvalue weighted by molar-refractivity contribution is 0.0519. The molecule has 4 heteroatoms. The SMILES string of the molecule is CCOC(=O)c1cccc(CF)n1. The lowest BCUT2D eigenvalue weighted by atomic mass is 10.3. The fourth-order valence-electron chi connectivity index (χ4n) is 0.873. The first-order valence-corrected chi connectivity index (χ1v) is 3.97. The number of pyridine rings is 1. The average molecular weight is 183 g/mol. The summed E-state index contributed by atoms with van der Waals surface area (Å²) in [6.45, 7) is 1.32. The molecule has 0 amide bonds. The molecular weight excluding hydrogens is 173 g/mol. The van der Waals surface area contributed by atoms with Gasteiger partial charge in [-0.15, -0.1) is 0 Å². The highest BCUT2D eigenvalue weighted by Crippen LogP contribution is 2.02. The molecule has 1 rings (SSSR count). The average Bonchev–Trinajstić information content (AvgIpc) is 2.18.